The summed E-state index contributed by atoms with van der Waals surface area (Å²) < 4.78 is 30.6. The number of ether oxygens (including phenoxy) is 3. The lowest BCUT2D eigenvalue weighted by molar-refractivity contribution is 0.0917. The van der Waals surface area contributed by atoms with Gasteiger partial charge in [0.15, 0.2) is 16.6 Å². The molecule has 2 heterocycles. The molecule has 1 aromatic heterocycles. The number of hydrogen-bond donors (Lipinski definition) is 0. The van der Waals surface area contributed by atoms with Crippen LogP contribution in [0.3, 0.4) is 0 Å². The molecule has 6 nitrogen and oxygen atoms in total. The highest BCUT2D eigenvalue weighted by molar-refractivity contribution is 7.22. The number of thiazole rings is 1. The molecule has 2 aromatic carbocycles. The van der Waals surface area contributed by atoms with Gasteiger partial charge in [0.05, 0.1) is 37.1 Å². The van der Waals surface area contributed by atoms with E-state index in [9.17, 15) is 9.18 Å². The highest BCUT2D eigenvalue weighted by Gasteiger charge is 2.27. The second kappa shape index (κ2) is 8.34. The van der Waals surface area contributed by atoms with Crippen molar-refractivity contribution < 1.29 is 23.4 Å². The van der Waals surface area contributed by atoms with E-state index in [1.165, 1.54) is 30.6 Å². The van der Waals surface area contributed by atoms with Gasteiger partial charge in [-0.25, -0.2) is 9.37 Å². The zero-order valence-corrected chi connectivity index (χ0v) is 17.0. The van der Waals surface area contributed by atoms with E-state index in [1.807, 2.05) is 0 Å². The molecule has 0 radical (unpaired) electrons. The second-order valence-electron chi connectivity index (χ2n) is 6.73. The Balaban J connectivity index is 1.71. The lowest BCUT2D eigenvalue weighted by Crippen LogP contribution is -2.37. The van der Waals surface area contributed by atoms with Crippen molar-refractivity contribution in [3.8, 4) is 11.5 Å². The van der Waals surface area contributed by atoms with E-state index in [2.05, 4.69) is 4.98 Å². The van der Waals surface area contributed by atoms with Gasteiger partial charge in [-0.3, -0.25) is 9.69 Å². The van der Waals surface area contributed by atoms with E-state index in [0.29, 0.717) is 45.6 Å². The van der Waals surface area contributed by atoms with Gasteiger partial charge in [-0.2, -0.15) is 0 Å². The molecular weight excluding hydrogens is 395 g/mol. The number of benzene rings is 2. The van der Waals surface area contributed by atoms with Crippen LogP contribution in [-0.4, -0.2) is 44.4 Å². The molecule has 1 aliphatic rings. The molecule has 1 aliphatic heterocycles. The number of amides is 1. The fraction of sp³-hybridized carbons (Fsp3) is 0.333. The molecule has 0 N–H and O–H groups in total. The van der Waals surface area contributed by atoms with E-state index >= 15 is 0 Å². The summed E-state index contributed by atoms with van der Waals surface area (Å²) in [7, 11) is 3.07. The van der Waals surface area contributed by atoms with Crippen molar-refractivity contribution in [1.29, 1.82) is 0 Å². The Hall–Kier alpha value is -2.71. The number of fused-ring (bicyclic) bond motifs is 1. The third-order valence-electron chi connectivity index (χ3n) is 4.86. The zero-order valence-electron chi connectivity index (χ0n) is 16.2. The fourth-order valence-corrected chi connectivity index (χ4v) is 4.36. The second-order valence-corrected chi connectivity index (χ2v) is 7.74. The van der Waals surface area contributed by atoms with E-state index in [4.69, 9.17) is 14.2 Å². The number of methoxy groups -OCH3 is 2. The quantitative estimate of drug-likeness (QED) is 0.600. The number of carbonyl (C=O) groups is 1. The summed E-state index contributed by atoms with van der Waals surface area (Å²) in [5.74, 6) is 0.470. The Morgan fingerprint density at radius 2 is 2.07 bits per heavy atom. The van der Waals surface area contributed by atoms with Gasteiger partial charge in [0.2, 0.25) is 0 Å². The SMILES string of the molecule is COc1ccc(C(=O)N(CC2CCCO2)c2nc3ccc(F)cc3s2)cc1OC. The molecule has 0 bridgehead atoms. The number of rotatable bonds is 6. The molecule has 4 rings (SSSR count). The Bertz CT molecular complexity index is 1030. The minimum Gasteiger partial charge on any atom is -0.493 e. The Morgan fingerprint density at radius 1 is 1.24 bits per heavy atom. The molecule has 1 fully saturated rings. The number of hydrogen-bond acceptors (Lipinski definition) is 6. The standard InChI is InChI=1S/C21H21FN2O4S/c1-26-17-8-5-13(10-18(17)27-2)20(25)24(12-15-4-3-9-28-15)21-23-16-7-6-14(22)11-19(16)29-21/h5-8,10-11,15H,3-4,9,12H2,1-2H3. The van der Waals surface area contributed by atoms with Gasteiger partial charge in [-0.15, -0.1) is 0 Å². The number of nitrogens with zero attached hydrogens (tertiary/aromatic N) is 2. The Kier molecular flexibility index (Phi) is 5.64. The molecule has 0 spiro atoms. The van der Waals surface area contributed by atoms with Crippen molar-refractivity contribution in [3.63, 3.8) is 0 Å². The number of aromatic nitrogens is 1. The monoisotopic (exact) mass is 416 g/mol. The van der Waals surface area contributed by atoms with Crippen LogP contribution in [0.4, 0.5) is 9.52 Å². The van der Waals surface area contributed by atoms with E-state index in [1.54, 1.807) is 36.3 Å². The van der Waals surface area contributed by atoms with Crippen molar-refractivity contribution in [1.82, 2.24) is 4.98 Å². The molecule has 29 heavy (non-hydrogen) atoms. The lowest BCUT2D eigenvalue weighted by atomic mass is 10.1. The predicted molar refractivity (Wildman–Crippen MR) is 110 cm³/mol. The zero-order chi connectivity index (χ0) is 20.4. The van der Waals surface area contributed by atoms with Crippen LogP contribution in [0.1, 0.15) is 23.2 Å². The van der Waals surface area contributed by atoms with Crippen molar-refractivity contribution >= 4 is 32.6 Å². The molecule has 152 valence electrons. The fourth-order valence-electron chi connectivity index (χ4n) is 3.37. The summed E-state index contributed by atoms with van der Waals surface area (Å²) >= 11 is 1.29. The van der Waals surface area contributed by atoms with Gasteiger partial charge < -0.3 is 14.2 Å². The molecule has 1 saturated heterocycles. The van der Waals surface area contributed by atoms with Crippen LogP contribution in [0.5, 0.6) is 11.5 Å². The lowest BCUT2D eigenvalue weighted by Gasteiger charge is -2.23. The first-order valence-corrected chi connectivity index (χ1v) is 10.1. The van der Waals surface area contributed by atoms with Crippen LogP contribution in [0, 0.1) is 5.82 Å². The normalized spacial score (nSPS) is 16.2. The summed E-state index contributed by atoms with van der Waals surface area (Å²) in [5, 5.41) is 0.515. The molecule has 0 saturated carbocycles. The largest absolute Gasteiger partial charge is 0.493 e. The Labute approximate surface area is 171 Å². The third kappa shape index (κ3) is 4.04. The first-order chi connectivity index (χ1) is 14.1. The van der Waals surface area contributed by atoms with Crippen LogP contribution in [-0.2, 0) is 4.74 Å². The summed E-state index contributed by atoms with van der Waals surface area (Å²) in [6.45, 7) is 1.07. The van der Waals surface area contributed by atoms with Gasteiger partial charge in [0.25, 0.3) is 5.91 Å². The van der Waals surface area contributed by atoms with Crippen LogP contribution >= 0.6 is 11.3 Å². The first kappa shape index (κ1) is 19.6. The Morgan fingerprint density at radius 3 is 2.79 bits per heavy atom. The van der Waals surface area contributed by atoms with Gasteiger partial charge in [0.1, 0.15) is 5.82 Å². The molecule has 8 heteroatoms. The molecule has 1 atom stereocenters. The minimum atomic E-state index is -0.329. The van der Waals surface area contributed by atoms with Crippen molar-refractivity contribution in [3.05, 3.63) is 47.8 Å². The minimum absolute atomic E-state index is 0.0529. The molecule has 1 amide bonds. The summed E-state index contributed by atoms with van der Waals surface area (Å²) in [6.07, 6.45) is 1.80. The average molecular weight is 416 g/mol. The van der Waals surface area contributed by atoms with E-state index in [0.717, 1.165) is 12.8 Å². The molecular formula is C21H21FN2O4S. The van der Waals surface area contributed by atoms with Crippen LogP contribution in [0.25, 0.3) is 10.2 Å². The van der Waals surface area contributed by atoms with Crippen molar-refractivity contribution in [2.45, 2.75) is 18.9 Å². The summed E-state index contributed by atoms with van der Waals surface area (Å²) in [5.41, 5.74) is 1.11. The van der Waals surface area contributed by atoms with E-state index < -0.39 is 0 Å². The van der Waals surface area contributed by atoms with Gasteiger partial charge in [0, 0.05) is 12.2 Å². The van der Waals surface area contributed by atoms with Crippen LogP contribution in [0.2, 0.25) is 0 Å². The van der Waals surface area contributed by atoms with Crippen molar-refractivity contribution in [2.24, 2.45) is 0 Å². The number of anilines is 1. The average Bonchev–Trinajstić information content (AvgIpc) is 3.40. The highest BCUT2D eigenvalue weighted by atomic mass is 32.1. The topological polar surface area (TPSA) is 60.9 Å². The molecule has 0 aliphatic carbocycles. The van der Waals surface area contributed by atoms with Crippen LogP contribution < -0.4 is 14.4 Å². The molecule has 3 aromatic rings. The maximum atomic E-state index is 13.6. The van der Waals surface area contributed by atoms with Crippen molar-refractivity contribution in [2.75, 3.05) is 32.3 Å². The summed E-state index contributed by atoms with van der Waals surface area (Å²) in [6, 6.07) is 9.46. The van der Waals surface area contributed by atoms with Gasteiger partial charge in [-0.1, -0.05) is 11.3 Å². The highest BCUT2D eigenvalue weighted by Crippen LogP contribution is 2.33. The van der Waals surface area contributed by atoms with Gasteiger partial charge >= 0.3 is 0 Å². The number of carbonyl (C=O) groups excluding carboxylic acids is 1. The smallest absolute Gasteiger partial charge is 0.260 e. The molecule has 1 unspecified atom stereocenters. The maximum Gasteiger partial charge on any atom is 0.260 e. The summed E-state index contributed by atoms with van der Waals surface area (Å²) in [4.78, 5) is 19.6. The van der Waals surface area contributed by atoms with Gasteiger partial charge in [-0.05, 0) is 49.2 Å². The predicted octanol–water partition coefficient (Wildman–Crippen LogP) is 4.28. The first-order valence-electron chi connectivity index (χ1n) is 9.30. The number of halogens is 1. The van der Waals surface area contributed by atoms with E-state index in [-0.39, 0.29) is 17.8 Å². The third-order valence-corrected chi connectivity index (χ3v) is 5.90. The van der Waals surface area contributed by atoms with Crippen LogP contribution in [0.15, 0.2) is 36.4 Å². The maximum absolute atomic E-state index is 13.6.